The van der Waals surface area contributed by atoms with Crippen molar-refractivity contribution in [3.05, 3.63) is 54.1 Å². The summed E-state index contributed by atoms with van der Waals surface area (Å²) in [7, 11) is -2.53. The van der Waals surface area contributed by atoms with Crippen LogP contribution in [-0.4, -0.2) is 34.0 Å². The van der Waals surface area contributed by atoms with Gasteiger partial charge in [-0.2, -0.15) is 0 Å². The van der Waals surface area contributed by atoms with Crippen LogP contribution in [0.5, 0.6) is 5.75 Å². The van der Waals surface area contributed by atoms with Crippen molar-refractivity contribution in [3.8, 4) is 5.75 Å². The van der Waals surface area contributed by atoms with Crippen molar-refractivity contribution in [1.82, 2.24) is 10.0 Å². The van der Waals surface area contributed by atoms with E-state index >= 15 is 0 Å². The molecule has 3 amide bonds. The molecular weight excluding hydrogens is 382 g/mol. The Bertz CT molecular complexity index is 927. The number of amides is 3. The summed E-state index contributed by atoms with van der Waals surface area (Å²) < 4.78 is 31.6. The second-order valence-electron chi connectivity index (χ2n) is 5.89. The molecule has 3 N–H and O–H groups in total. The van der Waals surface area contributed by atoms with Gasteiger partial charge in [-0.15, -0.1) is 0 Å². The molecule has 0 spiro atoms. The Labute approximate surface area is 164 Å². The van der Waals surface area contributed by atoms with Gasteiger partial charge in [-0.3, -0.25) is 4.79 Å². The van der Waals surface area contributed by atoms with Crippen LogP contribution in [0.25, 0.3) is 0 Å². The van der Waals surface area contributed by atoms with Crippen molar-refractivity contribution in [1.29, 1.82) is 0 Å². The normalized spacial score (nSPS) is 10.8. The number of para-hydroxylation sites is 1. The summed E-state index contributed by atoms with van der Waals surface area (Å²) in [6.45, 7) is 2.36. The molecule has 0 aliphatic heterocycles. The van der Waals surface area contributed by atoms with Gasteiger partial charge in [0, 0.05) is 12.2 Å². The number of methoxy groups -OCH3 is 1. The molecule has 0 saturated carbocycles. The third kappa shape index (κ3) is 5.71. The number of anilines is 1. The second kappa shape index (κ2) is 9.75. The summed E-state index contributed by atoms with van der Waals surface area (Å²) in [5.74, 6) is 0.0407. The van der Waals surface area contributed by atoms with Crippen LogP contribution in [0.3, 0.4) is 0 Å². The zero-order chi connectivity index (χ0) is 20.6. The largest absolute Gasteiger partial charge is 0.496 e. The van der Waals surface area contributed by atoms with Gasteiger partial charge in [0.2, 0.25) is 0 Å². The fourth-order valence-electron chi connectivity index (χ4n) is 2.34. The summed E-state index contributed by atoms with van der Waals surface area (Å²) in [4.78, 5) is 23.9. The van der Waals surface area contributed by atoms with Crippen LogP contribution >= 0.6 is 0 Å². The maximum absolute atomic E-state index is 12.4. The number of carbonyl (C=O) groups is 2. The van der Waals surface area contributed by atoms with Crippen molar-refractivity contribution in [3.63, 3.8) is 0 Å². The molecule has 28 heavy (non-hydrogen) atoms. The lowest BCUT2D eigenvalue weighted by atomic mass is 10.2. The van der Waals surface area contributed by atoms with E-state index < -0.39 is 16.1 Å². The second-order valence-corrected chi connectivity index (χ2v) is 7.58. The molecule has 0 saturated heterocycles. The van der Waals surface area contributed by atoms with Crippen molar-refractivity contribution in [2.45, 2.75) is 24.7 Å². The Morgan fingerprint density at radius 2 is 1.71 bits per heavy atom. The quantitative estimate of drug-likeness (QED) is 0.585. The maximum Gasteiger partial charge on any atom is 0.328 e. The van der Waals surface area contributed by atoms with Gasteiger partial charge < -0.3 is 15.4 Å². The minimum absolute atomic E-state index is 0.0894. The van der Waals surface area contributed by atoms with E-state index in [0.29, 0.717) is 23.5 Å². The lowest BCUT2D eigenvalue weighted by molar-refractivity contribution is 0.102. The molecular formula is C19H23N3O5S. The molecule has 8 nitrogen and oxygen atoms in total. The summed E-state index contributed by atoms with van der Waals surface area (Å²) in [5, 5.41) is 5.15. The number of rotatable bonds is 8. The number of urea groups is 1. The lowest BCUT2D eigenvalue weighted by Crippen LogP contribution is -2.39. The van der Waals surface area contributed by atoms with Crippen LogP contribution in [0, 0.1) is 0 Å². The van der Waals surface area contributed by atoms with Crippen LogP contribution in [0.2, 0.25) is 0 Å². The summed E-state index contributed by atoms with van der Waals surface area (Å²) in [6, 6.07) is 11.5. The van der Waals surface area contributed by atoms with Crippen molar-refractivity contribution in [2.24, 2.45) is 0 Å². The third-order valence-corrected chi connectivity index (χ3v) is 5.16. The summed E-state index contributed by atoms with van der Waals surface area (Å²) in [6.07, 6.45) is 1.64. The average molecular weight is 405 g/mol. The molecule has 2 rings (SSSR count). The van der Waals surface area contributed by atoms with Gasteiger partial charge in [-0.05, 0) is 42.8 Å². The molecule has 2 aromatic carbocycles. The number of sulfonamides is 1. The van der Waals surface area contributed by atoms with Crippen LogP contribution in [0.4, 0.5) is 10.5 Å². The summed E-state index contributed by atoms with van der Waals surface area (Å²) in [5.41, 5.74) is 0.759. The zero-order valence-electron chi connectivity index (χ0n) is 15.7. The predicted molar refractivity (Wildman–Crippen MR) is 106 cm³/mol. The zero-order valence-corrected chi connectivity index (χ0v) is 16.5. The number of hydrogen-bond donors (Lipinski definition) is 3. The van der Waals surface area contributed by atoms with E-state index in [1.807, 2.05) is 11.6 Å². The molecule has 0 radical (unpaired) electrons. The Balaban J connectivity index is 2.04. The Morgan fingerprint density at radius 3 is 2.36 bits per heavy atom. The number of ether oxygens (including phenoxy) is 1. The molecule has 150 valence electrons. The Kier molecular flexibility index (Phi) is 7.39. The number of benzene rings is 2. The van der Waals surface area contributed by atoms with Crippen LogP contribution in [0.15, 0.2) is 53.4 Å². The first-order valence-corrected chi connectivity index (χ1v) is 10.2. The van der Waals surface area contributed by atoms with Gasteiger partial charge in [-0.1, -0.05) is 25.5 Å². The van der Waals surface area contributed by atoms with E-state index in [0.717, 1.165) is 12.8 Å². The highest BCUT2D eigenvalue weighted by molar-refractivity contribution is 7.90. The van der Waals surface area contributed by atoms with Gasteiger partial charge in [0.05, 0.1) is 17.6 Å². The molecule has 0 fully saturated rings. The molecule has 9 heteroatoms. The van der Waals surface area contributed by atoms with Crippen LogP contribution in [-0.2, 0) is 10.0 Å². The first-order valence-electron chi connectivity index (χ1n) is 8.72. The molecule has 0 unspecified atom stereocenters. The number of hydrogen-bond acceptors (Lipinski definition) is 5. The first-order chi connectivity index (χ1) is 13.4. The van der Waals surface area contributed by atoms with Gasteiger partial charge in [0.1, 0.15) is 5.75 Å². The lowest BCUT2D eigenvalue weighted by Gasteiger charge is -2.11. The molecule has 0 bridgehead atoms. The monoisotopic (exact) mass is 405 g/mol. The van der Waals surface area contributed by atoms with Gasteiger partial charge in [0.25, 0.3) is 15.9 Å². The molecule has 0 atom stereocenters. The molecule has 0 heterocycles. The highest BCUT2D eigenvalue weighted by atomic mass is 32.2. The first kappa shape index (κ1) is 21.2. The molecule has 2 aromatic rings. The van der Waals surface area contributed by atoms with E-state index in [1.165, 1.54) is 31.4 Å². The van der Waals surface area contributed by atoms with Crippen LogP contribution in [0.1, 0.15) is 30.1 Å². The maximum atomic E-state index is 12.4. The van der Waals surface area contributed by atoms with E-state index in [9.17, 15) is 18.0 Å². The van der Waals surface area contributed by atoms with E-state index in [2.05, 4.69) is 10.6 Å². The minimum Gasteiger partial charge on any atom is -0.496 e. The van der Waals surface area contributed by atoms with Crippen molar-refractivity contribution in [2.75, 3.05) is 19.0 Å². The molecule has 0 aliphatic rings. The SMILES string of the molecule is CCCCNC(=O)NS(=O)(=O)c1ccc(NC(=O)c2ccccc2OC)cc1. The minimum atomic E-state index is -4.00. The Hall–Kier alpha value is -3.07. The summed E-state index contributed by atoms with van der Waals surface area (Å²) >= 11 is 0. The Morgan fingerprint density at radius 1 is 1.04 bits per heavy atom. The number of carbonyl (C=O) groups excluding carboxylic acids is 2. The van der Waals surface area contributed by atoms with E-state index in [4.69, 9.17) is 4.74 Å². The average Bonchev–Trinajstić information content (AvgIpc) is 2.68. The third-order valence-electron chi connectivity index (χ3n) is 3.82. The highest BCUT2D eigenvalue weighted by Crippen LogP contribution is 2.20. The predicted octanol–water partition coefficient (Wildman–Crippen LogP) is 2.74. The molecule has 0 aliphatic carbocycles. The molecule has 0 aromatic heterocycles. The van der Waals surface area contributed by atoms with Gasteiger partial charge >= 0.3 is 6.03 Å². The number of unbranched alkanes of at least 4 members (excludes halogenated alkanes) is 1. The fourth-order valence-corrected chi connectivity index (χ4v) is 3.27. The van der Waals surface area contributed by atoms with Crippen molar-refractivity contribution < 1.29 is 22.7 Å². The van der Waals surface area contributed by atoms with Crippen LogP contribution < -0.4 is 20.1 Å². The highest BCUT2D eigenvalue weighted by Gasteiger charge is 2.18. The van der Waals surface area contributed by atoms with E-state index in [-0.39, 0.29) is 10.8 Å². The van der Waals surface area contributed by atoms with E-state index in [1.54, 1.807) is 24.3 Å². The van der Waals surface area contributed by atoms with Gasteiger partial charge in [-0.25, -0.2) is 17.9 Å². The fraction of sp³-hybridized carbons (Fsp3) is 0.263. The van der Waals surface area contributed by atoms with Gasteiger partial charge in [0.15, 0.2) is 0 Å². The van der Waals surface area contributed by atoms with Crippen molar-refractivity contribution >= 4 is 27.6 Å². The topological polar surface area (TPSA) is 114 Å². The smallest absolute Gasteiger partial charge is 0.328 e. The standard InChI is InChI=1S/C19H23N3O5S/c1-3-4-13-20-19(24)22-28(25,26)15-11-9-14(10-12-15)21-18(23)16-7-5-6-8-17(16)27-2/h5-12H,3-4,13H2,1-2H3,(H,21,23)(H2,20,22,24). The number of nitrogens with one attached hydrogen (secondary N) is 3.